The van der Waals surface area contributed by atoms with E-state index in [1.54, 1.807) is 4.90 Å². The van der Waals surface area contributed by atoms with Crippen molar-refractivity contribution in [1.82, 2.24) is 4.90 Å². The van der Waals surface area contributed by atoms with Crippen molar-refractivity contribution in [2.75, 3.05) is 17.8 Å². The molecule has 0 aliphatic carbocycles. The summed E-state index contributed by atoms with van der Waals surface area (Å²) in [7, 11) is -4.09. The summed E-state index contributed by atoms with van der Waals surface area (Å²) in [5.41, 5.74) is 0.613. The molecule has 1 aliphatic rings. The Morgan fingerprint density at radius 3 is 2.21 bits per heavy atom. The second-order valence-electron chi connectivity index (χ2n) is 6.73. The van der Waals surface area contributed by atoms with Gasteiger partial charge in [-0.2, -0.15) is 0 Å². The zero-order chi connectivity index (χ0) is 20.5. The SMILES string of the molecule is C[C@@H]1CN(C(=O)c2ccc(NS(=O)(=O)c3ccc(F)c(F)c3)cc2)C[C@H](C)O1. The maximum Gasteiger partial charge on any atom is 0.261 e. The van der Waals surface area contributed by atoms with Crippen LogP contribution in [0.1, 0.15) is 24.2 Å². The summed E-state index contributed by atoms with van der Waals surface area (Å²) >= 11 is 0. The Labute approximate surface area is 162 Å². The summed E-state index contributed by atoms with van der Waals surface area (Å²) in [6.45, 7) is 4.75. The van der Waals surface area contributed by atoms with Gasteiger partial charge in [-0.15, -0.1) is 0 Å². The molecule has 2 atom stereocenters. The van der Waals surface area contributed by atoms with Gasteiger partial charge in [-0.1, -0.05) is 0 Å². The number of carbonyl (C=O) groups is 1. The van der Waals surface area contributed by atoms with Crippen LogP contribution in [0.3, 0.4) is 0 Å². The molecule has 1 N–H and O–H groups in total. The van der Waals surface area contributed by atoms with Gasteiger partial charge in [0, 0.05) is 24.3 Å². The topological polar surface area (TPSA) is 75.7 Å². The molecule has 3 rings (SSSR count). The molecule has 0 radical (unpaired) electrons. The number of hydrogen-bond acceptors (Lipinski definition) is 4. The van der Waals surface area contributed by atoms with Crippen molar-refractivity contribution in [3.05, 3.63) is 59.7 Å². The lowest BCUT2D eigenvalue weighted by Crippen LogP contribution is -2.48. The van der Waals surface area contributed by atoms with Gasteiger partial charge in [0.2, 0.25) is 0 Å². The number of nitrogens with one attached hydrogen (secondary N) is 1. The van der Waals surface area contributed by atoms with E-state index in [1.807, 2.05) is 13.8 Å². The van der Waals surface area contributed by atoms with Gasteiger partial charge in [-0.25, -0.2) is 17.2 Å². The molecule has 0 saturated carbocycles. The molecule has 150 valence electrons. The molecule has 0 spiro atoms. The molecule has 0 unspecified atom stereocenters. The van der Waals surface area contributed by atoms with Gasteiger partial charge in [-0.05, 0) is 56.3 Å². The Bertz CT molecular complexity index is 970. The third-order valence-corrected chi connectivity index (χ3v) is 5.67. The lowest BCUT2D eigenvalue weighted by Gasteiger charge is -2.35. The Kier molecular flexibility index (Phi) is 5.66. The Morgan fingerprint density at radius 2 is 1.64 bits per heavy atom. The van der Waals surface area contributed by atoms with Crippen LogP contribution in [0.25, 0.3) is 0 Å². The smallest absolute Gasteiger partial charge is 0.261 e. The van der Waals surface area contributed by atoms with E-state index in [2.05, 4.69) is 4.72 Å². The molecule has 1 amide bonds. The lowest BCUT2D eigenvalue weighted by molar-refractivity contribution is -0.0586. The monoisotopic (exact) mass is 410 g/mol. The summed E-state index contributed by atoms with van der Waals surface area (Å²) in [6, 6.07) is 8.23. The molecule has 28 heavy (non-hydrogen) atoms. The van der Waals surface area contributed by atoms with Gasteiger partial charge >= 0.3 is 0 Å². The number of anilines is 1. The van der Waals surface area contributed by atoms with Crippen molar-refractivity contribution in [3.8, 4) is 0 Å². The average molecular weight is 410 g/mol. The van der Waals surface area contributed by atoms with E-state index in [9.17, 15) is 22.0 Å². The predicted molar refractivity (Wildman–Crippen MR) is 99.5 cm³/mol. The van der Waals surface area contributed by atoms with Crippen LogP contribution in [-0.4, -0.2) is 44.5 Å². The Balaban J connectivity index is 1.73. The molecular weight excluding hydrogens is 390 g/mol. The first-order chi connectivity index (χ1) is 13.2. The molecule has 6 nitrogen and oxygen atoms in total. The van der Waals surface area contributed by atoms with Crippen molar-refractivity contribution in [2.45, 2.75) is 31.0 Å². The van der Waals surface area contributed by atoms with Gasteiger partial charge in [0.25, 0.3) is 15.9 Å². The van der Waals surface area contributed by atoms with Crippen LogP contribution in [0.15, 0.2) is 47.4 Å². The normalized spacial score (nSPS) is 20.1. The average Bonchev–Trinajstić information content (AvgIpc) is 2.63. The highest BCUT2D eigenvalue weighted by atomic mass is 32.2. The van der Waals surface area contributed by atoms with Gasteiger partial charge in [-0.3, -0.25) is 9.52 Å². The highest BCUT2D eigenvalue weighted by Crippen LogP contribution is 2.20. The van der Waals surface area contributed by atoms with Crippen LogP contribution in [0.4, 0.5) is 14.5 Å². The summed E-state index contributed by atoms with van der Waals surface area (Å²) in [6.07, 6.45) is -0.121. The number of benzene rings is 2. The van der Waals surface area contributed by atoms with Gasteiger partial charge < -0.3 is 9.64 Å². The van der Waals surface area contributed by atoms with Crippen LogP contribution < -0.4 is 4.72 Å². The highest BCUT2D eigenvalue weighted by Gasteiger charge is 2.26. The number of rotatable bonds is 4. The minimum atomic E-state index is -4.09. The van der Waals surface area contributed by atoms with E-state index in [1.165, 1.54) is 24.3 Å². The van der Waals surface area contributed by atoms with Crippen LogP contribution >= 0.6 is 0 Å². The number of sulfonamides is 1. The maximum atomic E-state index is 13.3. The zero-order valence-corrected chi connectivity index (χ0v) is 16.2. The largest absolute Gasteiger partial charge is 0.372 e. The fraction of sp³-hybridized carbons (Fsp3) is 0.316. The molecule has 1 aliphatic heterocycles. The van der Waals surface area contributed by atoms with Crippen LogP contribution in [0.2, 0.25) is 0 Å². The molecular formula is C19H20F2N2O4S. The molecule has 1 heterocycles. The fourth-order valence-electron chi connectivity index (χ4n) is 3.07. The maximum absolute atomic E-state index is 13.3. The minimum absolute atomic E-state index is 0.0603. The molecule has 0 bridgehead atoms. The third kappa shape index (κ3) is 4.48. The molecule has 2 aromatic rings. The Morgan fingerprint density at radius 1 is 1.04 bits per heavy atom. The van der Waals surface area contributed by atoms with Crippen molar-refractivity contribution < 1.29 is 26.7 Å². The summed E-state index contributed by atoms with van der Waals surface area (Å²) in [4.78, 5) is 13.9. The molecule has 0 aromatic heterocycles. The summed E-state index contributed by atoms with van der Waals surface area (Å²) < 4.78 is 58.8. The van der Waals surface area contributed by atoms with Crippen LogP contribution in [0.5, 0.6) is 0 Å². The lowest BCUT2D eigenvalue weighted by atomic mass is 10.1. The van der Waals surface area contributed by atoms with Crippen molar-refractivity contribution in [2.24, 2.45) is 0 Å². The fourth-order valence-corrected chi connectivity index (χ4v) is 4.14. The van der Waals surface area contributed by atoms with Crippen LogP contribution in [0, 0.1) is 11.6 Å². The highest BCUT2D eigenvalue weighted by molar-refractivity contribution is 7.92. The van der Waals surface area contributed by atoms with Crippen molar-refractivity contribution >= 4 is 21.6 Å². The molecule has 1 saturated heterocycles. The van der Waals surface area contributed by atoms with E-state index in [0.717, 1.165) is 12.1 Å². The Hall–Kier alpha value is -2.52. The number of hydrogen-bond donors (Lipinski definition) is 1. The van der Waals surface area contributed by atoms with Gasteiger partial charge in [0.15, 0.2) is 11.6 Å². The first kappa shape index (κ1) is 20.2. The minimum Gasteiger partial charge on any atom is -0.372 e. The zero-order valence-electron chi connectivity index (χ0n) is 15.4. The number of ether oxygens (including phenoxy) is 1. The first-order valence-corrected chi connectivity index (χ1v) is 10.2. The van der Waals surface area contributed by atoms with Gasteiger partial charge in [0.05, 0.1) is 17.1 Å². The standard InChI is InChI=1S/C19H20F2N2O4S/c1-12-10-23(11-13(2)27-12)19(24)14-3-5-15(6-4-14)22-28(25,26)16-7-8-17(20)18(21)9-16/h3-9,12-13,22H,10-11H2,1-2H3/t12-,13+. The third-order valence-electron chi connectivity index (χ3n) is 4.29. The van der Waals surface area contributed by atoms with Gasteiger partial charge in [0.1, 0.15) is 0 Å². The number of amides is 1. The second-order valence-corrected chi connectivity index (χ2v) is 8.41. The quantitative estimate of drug-likeness (QED) is 0.841. The summed E-state index contributed by atoms with van der Waals surface area (Å²) in [5, 5.41) is 0. The first-order valence-electron chi connectivity index (χ1n) is 8.68. The molecule has 1 fully saturated rings. The molecule has 9 heteroatoms. The number of carbonyl (C=O) groups excluding carboxylic acids is 1. The van der Waals surface area contributed by atoms with E-state index in [0.29, 0.717) is 24.7 Å². The second kappa shape index (κ2) is 7.84. The predicted octanol–water partition coefficient (Wildman–Crippen LogP) is 3.02. The van der Waals surface area contributed by atoms with Crippen molar-refractivity contribution in [3.63, 3.8) is 0 Å². The molecule has 2 aromatic carbocycles. The van der Waals surface area contributed by atoms with E-state index in [-0.39, 0.29) is 23.8 Å². The number of halogens is 2. The number of nitrogens with zero attached hydrogens (tertiary/aromatic N) is 1. The van der Waals surface area contributed by atoms with E-state index < -0.39 is 26.6 Å². The van der Waals surface area contributed by atoms with E-state index >= 15 is 0 Å². The number of morpholine rings is 1. The summed E-state index contributed by atoms with van der Waals surface area (Å²) in [5.74, 6) is -2.55. The van der Waals surface area contributed by atoms with Crippen LogP contribution in [-0.2, 0) is 14.8 Å². The van der Waals surface area contributed by atoms with Crippen molar-refractivity contribution in [1.29, 1.82) is 0 Å². The van der Waals surface area contributed by atoms with E-state index in [4.69, 9.17) is 4.74 Å².